The Hall–Kier alpha value is -3.28. The summed E-state index contributed by atoms with van der Waals surface area (Å²) in [6.45, 7) is 4.47. The highest BCUT2D eigenvalue weighted by Crippen LogP contribution is 2.20. The van der Waals surface area contributed by atoms with Crippen molar-refractivity contribution in [3.05, 3.63) is 66.5 Å². The lowest BCUT2D eigenvalue weighted by Crippen LogP contribution is -2.30. The van der Waals surface area contributed by atoms with E-state index in [9.17, 15) is 4.79 Å². The molecule has 0 aliphatic rings. The second-order valence-electron chi connectivity index (χ2n) is 6.66. The van der Waals surface area contributed by atoms with Gasteiger partial charge in [0, 0.05) is 31.0 Å². The van der Waals surface area contributed by atoms with Crippen molar-refractivity contribution in [3.63, 3.8) is 0 Å². The molecule has 1 aromatic heterocycles. The highest BCUT2D eigenvalue weighted by atomic mass is 16.5. The fraction of sp³-hybridized carbons (Fsp3) is 0.238. The van der Waals surface area contributed by atoms with Crippen LogP contribution in [0, 0.1) is 0 Å². The number of nitrogens with zero attached hydrogens (tertiary/aromatic N) is 2. The number of amides is 2. The molecule has 0 aliphatic heterocycles. The number of ether oxygens (including phenoxy) is 1. The number of carbonyl (C=O) groups is 1. The number of hydrogen-bond acceptors (Lipinski definition) is 3. The van der Waals surface area contributed by atoms with E-state index in [1.165, 1.54) is 0 Å². The number of benzene rings is 2. The van der Waals surface area contributed by atoms with Gasteiger partial charge in [0.25, 0.3) is 0 Å². The zero-order valence-corrected chi connectivity index (χ0v) is 15.8. The lowest BCUT2D eigenvalue weighted by atomic mass is 10.1. The van der Waals surface area contributed by atoms with Gasteiger partial charge in [-0.2, -0.15) is 5.10 Å². The minimum Gasteiger partial charge on any atom is -0.491 e. The van der Waals surface area contributed by atoms with Gasteiger partial charge in [-0.15, -0.1) is 0 Å². The first kappa shape index (κ1) is 18.5. The van der Waals surface area contributed by atoms with E-state index in [0.29, 0.717) is 6.54 Å². The number of anilines is 1. The Balaban J connectivity index is 1.59. The molecule has 0 unspecified atom stereocenters. The van der Waals surface area contributed by atoms with Crippen LogP contribution in [-0.2, 0) is 6.54 Å². The molecule has 2 amide bonds. The van der Waals surface area contributed by atoms with Gasteiger partial charge in [0.2, 0.25) is 0 Å². The first-order valence-electron chi connectivity index (χ1n) is 8.88. The van der Waals surface area contributed by atoms with Crippen LogP contribution in [0.2, 0.25) is 0 Å². The third-order valence-electron chi connectivity index (χ3n) is 4.00. The van der Waals surface area contributed by atoms with Crippen molar-refractivity contribution in [2.24, 2.45) is 0 Å². The minimum absolute atomic E-state index is 0.117. The minimum atomic E-state index is -0.166. The number of nitrogens with one attached hydrogen (secondary N) is 2. The molecule has 2 N–H and O–H groups in total. The predicted octanol–water partition coefficient (Wildman–Crippen LogP) is 4.53. The van der Waals surface area contributed by atoms with E-state index < -0.39 is 0 Å². The topological polar surface area (TPSA) is 70.2 Å². The van der Waals surface area contributed by atoms with Crippen LogP contribution in [0.1, 0.15) is 19.4 Å². The summed E-state index contributed by atoms with van der Waals surface area (Å²) in [5.41, 5.74) is 3.81. The second-order valence-corrected chi connectivity index (χ2v) is 6.66. The molecule has 0 saturated carbocycles. The van der Waals surface area contributed by atoms with Crippen molar-refractivity contribution < 1.29 is 9.53 Å². The maximum absolute atomic E-state index is 12.5. The molecule has 0 radical (unpaired) electrons. The van der Waals surface area contributed by atoms with Crippen LogP contribution in [0.25, 0.3) is 11.1 Å². The Morgan fingerprint density at radius 1 is 1.19 bits per heavy atom. The predicted molar refractivity (Wildman–Crippen MR) is 107 cm³/mol. The lowest BCUT2D eigenvalue weighted by Gasteiger charge is -2.19. The molecule has 27 heavy (non-hydrogen) atoms. The van der Waals surface area contributed by atoms with Gasteiger partial charge in [0.15, 0.2) is 0 Å². The Kier molecular flexibility index (Phi) is 5.76. The molecular weight excluding hydrogens is 340 g/mol. The van der Waals surface area contributed by atoms with Crippen LogP contribution >= 0.6 is 0 Å². The molecule has 6 heteroatoms. The first-order valence-corrected chi connectivity index (χ1v) is 8.88. The lowest BCUT2D eigenvalue weighted by molar-refractivity contribution is 0.220. The normalized spacial score (nSPS) is 10.7. The van der Waals surface area contributed by atoms with Crippen molar-refractivity contribution in [2.45, 2.75) is 26.5 Å². The Morgan fingerprint density at radius 3 is 2.63 bits per heavy atom. The summed E-state index contributed by atoms with van der Waals surface area (Å²) in [6.07, 6.45) is 3.71. The maximum atomic E-state index is 12.5. The quantitative estimate of drug-likeness (QED) is 0.675. The van der Waals surface area contributed by atoms with Gasteiger partial charge in [-0.05, 0) is 49.2 Å². The van der Waals surface area contributed by atoms with Crippen molar-refractivity contribution in [2.75, 3.05) is 12.4 Å². The van der Waals surface area contributed by atoms with Crippen molar-refractivity contribution in [3.8, 4) is 16.9 Å². The van der Waals surface area contributed by atoms with Crippen LogP contribution in [-0.4, -0.2) is 34.3 Å². The molecule has 1 heterocycles. The number of carbonyl (C=O) groups excluding carboxylic acids is 1. The van der Waals surface area contributed by atoms with Gasteiger partial charge in [-0.3, -0.25) is 5.10 Å². The van der Waals surface area contributed by atoms with Gasteiger partial charge >= 0.3 is 6.03 Å². The molecule has 0 aliphatic carbocycles. The monoisotopic (exact) mass is 364 g/mol. The second kappa shape index (κ2) is 8.40. The number of aromatic amines is 1. The van der Waals surface area contributed by atoms with Crippen molar-refractivity contribution >= 4 is 11.7 Å². The SMILES string of the molecule is CC(C)Oc1cccc(CN(C)C(=O)Nc2ccc(-c3cn[nH]c3)cc2)c1. The molecule has 0 fully saturated rings. The van der Waals surface area contributed by atoms with Gasteiger partial charge in [-0.25, -0.2) is 4.79 Å². The summed E-state index contributed by atoms with van der Waals surface area (Å²) < 4.78 is 5.71. The number of hydrogen-bond donors (Lipinski definition) is 2. The highest BCUT2D eigenvalue weighted by Gasteiger charge is 2.10. The average Bonchev–Trinajstić information content (AvgIpc) is 3.16. The number of aromatic nitrogens is 2. The average molecular weight is 364 g/mol. The highest BCUT2D eigenvalue weighted by molar-refractivity contribution is 5.89. The summed E-state index contributed by atoms with van der Waals surface area (Å²) in [5.74, 6) is 0.811. The smallest absolute Gasteiger partial charge is 0.321 e. The molecule has 140 valence electrons. The third kappa shape index (κ3) is 5.10. The van der Waals surface area contributed by atoms with Crippen LogP contribution in [0.4, 0.5) is 10.5 Å². The summed E-state index contributed by atoms with van der Waals surface area (Å²) in [7, 11) is 1.77. The fourth-order valence-electron chi connectivity index (χ4n) is 2.71. The standard InChI is InChI=1S/C21H24N4O2/c1-15(2)27-20-6-4-5-16(11-20)14-25(3)21(26)24-19-9-7-17(8-10-19)18-12-22-23-13-18/h4-13,15H,14H2,1-3H3,(H,22,23)(H,24,26). The molecule has 3 rings (SSSR count). The van der Waals surface area contributed by atoms with Gasteiger partial charge < -0.3 is 15.0 Å². The number of H-pyrrole nitrogens is 1. The number of urea groups is 1. The summed E-state index contributed by atoms with van der Waals surface area (Å²) in [5, 5.41) is 9.65. The third-order valence-corrected chi connectivity index (χ3v) is 4.00. The first-order chi connectivity index (χ1) is 13.0. The van der Waals surface area contributed by atoms with Crippen LogP contribution in [0.15, 0.2) is 60.9 Å². The van der Waals surface area contributed by atoms with E-state index in [0.717, 1.165) is 28.1 Å². The molecule has 6 nitrogen and oxygen atoms in total. The van der Waals surface area contributed by atoms with Gasteiger partial charge in [0.05, 0.1) is 12.3 Å². The summed E-state index contributed by atoms with van der Waals surface area (Å²) in [6, 6.07) is 15.3. The van der Waals surface area contributed by atoms with Gasteiger partial charge in [0.1, 0.15) is 5.75 Å². The van der Waals surface area contributed by atoms with Crippen LogP contribution in [0.5, 0.6) is 5.75 Å². The number of rotatable bonds is 6. The molecule has 0 bridgehead atoms. The molecular formula is C21H24N4O2. The van der Waals surface area contributed by atoms with E-state index in [2.05, 4.69) is 15.5 Å². The van der Waals surface area contributed by atoms with E-state index in [1.807, 2.05) is 68.6 Å². The van der Waals surface area contributed by atoms with Gasteiger partial charge in [-0.1, -0.05) is 24.3 Å². The zero-order chi connectivity index (χ0) is 19.2. The van der Waals surface area contributed by atoms with Crippen molar-refractivity contribution in [1.82, 2.24) is 15.1 Å². The van der Waals surface area contributed by atoms with E-state index in [1.54, 1.807) is 18.1 Å². The molecule has 2 aromatic carbocycles. The summed E-state index contributed by atoms with van der Waals surface area (Å²) in [4.78, 5) is 14.1. The molecule has 0 spiro atoms. The zero-order valence-electron chi connectivity index (χ0n) is 15.8. The van der Waals surface area contributed by atoms with Crippen LogP contribution in [0.3, 0.4) is 0 Å². The molecule has 3 aromatic rings. The molecule has 0 saturated heterocycles. The Bertz CT molecular complexity index is 873. The Labute approximate surface area is 159 Å². The maximum Gasteiger partial charge on any atom is 0.321 e. The largest absolute Gasteiger partial charge is 0.491 e. The molecule has 0 atom stereocenters. The fourth-order valence-corrected chi connectivity index (χ4v) is 2.71. The van der Waals surface area contributed by atoms with Crippen LogP contribution < -0.4 is 10.1 Å². The summed E-state index contributed by atoms with van der Waals surface area (Å²) >= 11 is 0. The van der Waals surface area contributed by atoms with E-state index >= 15 is 0 Å². The van der Waals surface area contributed by atoms with E-state index in [4.69, 9.17) is 4.74 Å². The van der Waals surface area contributed by atoms with Crippen molar-refractivity contribution in [1.29, 1.82) is 0 Å². The van der Waals surface area contributed by atoms with E-state index in [-0.39, 0.29) is 12.1 Å². The Morgan fingerprint density at radius 2 is 1.96 bits per heavy atom.